The first-order valence-corrected chi connectivity index (χ1v) is 12.3. The van der Waals surface area contributed by atoms with Crippen molar-refractivity contribution < 1.29 is 24.2 Å². The number of ketones is 1. The first-order valence-electron chi connectivity index (χ1n) is 12.3. The number of likely N-dealkylation sites (tertiary alicyclic amines) is 1. The Kier molecular flexibility index (Phi) is 8.06. The number of rotatable bonds is 10. The van der Waals surface area contributed by atoms with Gasteiger partial charge in [-0.15, -0.1) is 0 Å². The summed E-state index contributed by atoms with van der Waals surface area (Å²) in [5.74, 6) is -0.169. The Balaban J connectivity index is 1.74. The van der Waals surface area contributed by atoms with Crippen molar-refractivity contribution in [2.45, 2.75) is 39.3 Å². The maximum absolute atomic E-state index is 13.3. The molecule has 1 aliphatic heterocycles. The highest BCUT2D eigenvalue weighted by Crippen LogP contribution is 2.40. The van der Waals surface area contributed by atoms with E-state index in [1.165, 1.54) is 4.90 Å². The van der Waals surface area contributed by atoms with E-state index < -0.39 is 17.7 Å². The number of aliphatic hydroxyl groups excluding tert-OH is 1. The molecular formula is C30H31NO5. The van der Waals surface area contributed by atoms with Gasteiger partial charge in [-0.05, 0) is 60.9 Å². The third-order valence-electron chi connectivity index (χ3n) is 6.14. The van der Waals surface area contributed by atoms with E-state index in [9.17, 15) is 14.7 Å². The van der Waals surface area contributed by atoms with Gasteiger partial charge >= 0.3 is 0 Å². The highest BCUT2D eigenvalue weighted by molar-refractivity contribution is 6.46. The minimum Gasteiger partial charge on any atom is -0.507 e. The standard InChI is InChI=1S/C30H31NO5/c1-3-5-19-36-25-15-11-22(12-16-25)27-26(28(32)23-13-17-24(18-14-23)35-4-2)29(33)30(34)31(27)20-21-9-7-6-8-10-21/h6-18,27,32H,3-5,19-20H2,1-2H3/b28-26+. The zero-order valence-electron chi connectivity index (χ0n) is 20.6. The fraction of sp³-hybridized carbons (Fsp3) is 0.267. The first kappa shape index (κ1) is 25.0. The molecule has 4 rings (SSSR count). The van der Waals surface area contributed by atoms with Gasteiger partial charge in [-0.1, -0.05) is 55.8 Å². The number of Topliss-reactive ketones (excluding diaryl/α,β-unsaturated/α-hetero) is 1. The van der Waals surface area contributed by atoms with E-state index >= 15 is 0 Å². The van der Waals surface area contributed by atoms with Crippen LogP contribution in [0.5, 0.6) is 11.5 Å². The number of amides is 1. The van der Waals surface area contributed by atoms with Crippen LogP contribution in [0.1, 0.15) is 49.4 Å². The molecule has 6 heteroatoms. The SMILES string of the molecule is CCCCOc1ccc(C2/C(=C(\O)c3ccc(OCC)cc3)C(=O)C(=O)N2Cc2ccccc2)cc1. The van der Waals surface area contributed by atoms with Gasteiger partial charge in [0.25, 0.3) is 11.7 Å². The second kappa shape index (κ2) is 11.6. The summed E-state index contributed by atoms with van der Waals surface area (Å²) < 4.78 is 11.3. The molecule has 1 aliphatic rings. The smallest absolute Gasteiger partial charge is 0.295 e. The fourth-order valence-electron chi connectivity index (χ4n) is 4.28. The fourth-order valence-corrected chi connectivity index (χ4v) is 4.28. The molecule has 0 radical (unpaired) electrons. The van der Waals surface area contributed by atoms with Crippen LogP contribution in [0.4, 0.5) is 0 Å². The quantitative estimate of drug-likeness (QED) is 0.168. The van der Waals surface area contributed by atoms with E-state index in [0.717, 1.165) is 29.7 Å². The second-order valence-corrected chi connectivity index (χ2v) is 8.64. The lowest BCUT2D eigenvalue weighted by Gasteiger charge is -2.25. The molecule has 3 aromatic rings. The summed E-state index contributed by atoms with van der Waals surface area (Å²) >= 11 is 0. The van der Waals surface area contributed by atoms with Crippen LogP contribution in [-0.4, -0.2) is 34.9 Å². The van der Waals surface area contributed by atoms with E-state index in [4.69, 9.17) is 9.47 Å². The zero-order chi connectivity index (χ0) is 25.5. The van der Waals surface area contributed by atoms with Gasteiger partial charge in [-0.2, -0.15) is 0 Å². The van der Waals surface area contributed by atoms with Crippen molar-refractivity contribution in [2.24, 2.45) is 0 Å². The number of carbonyl (C=O) groups is 2. The monoisotopic (exact) mass is 485 g/mol. The predicted molar refractivity (Wildman–Crippen MR) is 139 cm³/mol. The molecule has 186 valence electrons. The highest BCUT2D eigenvalue weighted by Gasteiger charge is 2.46. The number of nitrogens with zero attached hydrogens (tertiary/aromatic N) is 1. The zero-order valence-corrected chi connectivity index (χ0v) is 20.6. The molecule has 0 aromatic heterocycles. The van der Waals surface area contributed by atoms with E-state index in [-0.39, 0.29) is 17.9 Å². The number of hydrogen-bond acceptors (Lipinski definition) is 5. The Morgan fingerprint density at radius 2 is 1.50 bits per heavy atom. The molecular weight excluding hydrogens is 454 g/mol. The summed E-state index contributed by atoms with van der Waals surface area (Å²) in [7, 11) is 0. The van der Waals surface area contributed by atoms with Crippen LogP contribution in [0.3, 0.4) is 0 Å². The maximum atomic E-state index is 13.3. The van der Waals surface area contributed by atoms with Gasteiger partial charge in [-0.25, -0.2) is 0 Å². The van der Waals surface area contributed by atoms with Gasteiger partial charge in [0.15, 0.2) is 0 Å². The van der Waals surface area contributed by atoms with Crippen LogP contribution in [0.2, 0.25) is 0 Å². The maximum Gasteiger partial charge on any atom is 0.295 e. The summed E-state index contributed by atoms with van der Waals surface area (Å²) in [6.07, 6.45) is 2.00. The van der Waals surface area contributed by atoms with Crippen LogP contribution in [0.25, 0.3) is 5.76 Å². The highest BCUT2D eigenvalue weighted by atomic mass is 16.5. The van der Waals surface area contributed by atoms with E-state index in [1.807, 2.05) is 61.5 Å². The van der Waals surface area contributed by atoms with Crippen molar-refractivity contribution in [2.75, 3.05) is 13.2 Å². The Morgan fingerprint density at radius 3 is 2.14 bits per heavy atom. The molecule has 0 spiro atoms. The topological polar surface area (TPSA) is 76.1 Å². The van der Waals surface area contributed by atoms with Crippen LogP contribution < -0.4 is 9.47 Å². The molecule has 0 saturated carbocycles. The van der Waals surface area contributed by atoms with Gasteiger partial charge in [0.05, 0.1) is 24.8 Å². The van der Waals surface area contributed by atoms with Crippen molar-refractivity contribution in [1.29, 1.82) is 0 Å². The largest absolute Gasteiger partial charge is 0.507 e. The number of benzene rings is 3. The summed E-state index contributed by atoms with van der Waals surface area (Å²) in [6.45, 7) is 5.38. The molecule has 1 amide bonds. The van der Waals surface area contributed by atoms with Gasteiger partial charge < -0.3 is 19.5 Å². The Bertz CT molecular complexity index is 1220. The van der Waals surface area contributed by atoms with Crippen molar-refractivity contribution in [3.8, 4) is 11.5 Å². The third kappa shape index (κ3) is 5.43. The summed E-state index contributed by atoms with van der Waals surface area (Å²) in [6, 6.07) is 23.0. The molecule has 1 unspecified atom stereocenters. The lowest BCUT2D eigenvalue weighted by Crippen LogP contribution is -2.29. The van der Waals surface area contributed by atoms with Gasteiger partial charge in [-0.3, -0.25) is 9.59 Å². The summed E-state index contributed by atoms with van der Waals surface area (Å²) in [4.78, 5) is 28.0. The van der Waals surface area contributed by atoms with Crippen LogP contribution in [0, 0.1) is 0 Å². The van der Waals surface area contributed by atoms with Crippen LogP contribution >= 0.6 is 0 Å². The molecule has 6 nitrogen and oxygen atoms in total. The second-order valence-electron chi connectivity index (χ2n) is 8.64. The first-order chi connectivity index (χ1) is 17.5. The molecule has 1 heterocycles. The molecule has 1 N–H and O–H groups in total. The normalized spacial score (nSPS) is 16.8. The Hall–Kier alpha value is -4.06. The van der Waals surface area contributed by atoms with Gasteiger partial charge in [0, 0.05) is 12.1 Å². The van der Waals surface area contributed by atoms with Crippen molar-refractivity contribution in [3.05, 3.63) is 101 Å². The molecule has 1 fully saturated rings. The number of hydrogen-bond donors (Lipinski definition) is 1. The van der Waals surface area contributed by atoms with Crippen molar-refractivity contribution >= 4 is 17.4 Å². The Labute approximate surface area is 211 Å². The number of aliphatic hydroxyl groups is 1. The molecule has 1 saturated heterocycles. The average Bonchev–Trinajstić information content (AvgIpc) is 3.15. The number of unbranched alkanes of at least 4 members (excludes halogenated alkanes) is 1. The van der Waals surface area contributed by atoms with Crippen LogP contribution in [-0.2, 0) is 16.1 Å². The molecule has 0 bridgehead atoms. The minimum absolute atomic E-state index is 0.0692. The van der Waals surface area contributed by atoms with E-state index in [0.29, 0.717) is 24.5 Å². The van der Waals surface area contributed by atoms with E-state index in [2.05, 4.69) is 6.92 Å². The molecule has 36 heavy (non-hydrogen) atoms. The predicted octanol–water partition coefficient (Wildman–Crippen LogP) is 5.89. The summed E-state index contributed by atoms with van der Waals surface area (Å²) in [5.41, 5.74) is 2.13. The average molecular weight is 486 g/mol. The third-order valence-corrected chi connectivity index (χ3v) is 6.14. The lowest BCUT2D eigenvalue weighted by molar-refractivity contribution is -0.140. The van der Waals surface area contributed by atoms with Gasteiger partial charge in [0.2, 0.25) is 0 Å². The van der Waals surface area contributed by atoms with Crippen molar-refractivity contribution in [3.63, 3.8) is 0 Å². The number of carbonyl (C=O) groups excluding carboxylic acids is 2. The van der Waals surface area contributed by atoms with Crippen molar-refractivity contribution in [1.82, 2.24) is 4.90 Å². The summed E-state index contributed by atoms with van der Waals surface area (Å²) in [5, 5.41) is 11.3. The molecule has 3 aromatic carbocycles. The molecule has 0 aliphatic carbocycles. The molecule has 1 atom stereocenters. The number of ether oxygens (including phenoxy) is 2. The van der Waals surface area contributed by atoms with Gasteiger partial charge in [0.1, 0.15) is 17.3 Å². The van der Waals surface area contributed by atoms with Crippen LogP contribution in [0.15, 0.2) is 84.4 Å². The lowest BCUT2D eigenvalue weighted by atomic mass is 9.95. The minimum atomic E-state index is -0.735. The van der Waals surface area contributed by atoms with E-state index in [1.54, 1.807) is 24.3 Å². The Morgan fingerprint density at radius 1 is 0.861 bits per heavy atom.